The van der Waals surface area contributed by atoms with E-state index in [0.717, 1.165) is 12.5 Å². The minimum Gasteiger partial charge on any atom is -0.363 e. The number of benzene rings is 1. The second-order valence-electron chi connectivity index (χ2n) is 6.08. The van der Waals surface area contributed by atoms with E-state index < -0.39 is 11.6 Å². The number of anilines is 1. The van der Waals surface area contributed by atoms with Gasteiger partial charge in [-0.25, -0.2) is 13.8 Å². The molecule has 4 nitrogen and oxygen atoms in total. The lowest BCUT2D eigenvalue weighted by Crippen LogP contribution is -2.31. The van der Waals surface area contributed by atoms with Crippen LogP contribution in [0.2, 0.25) is 5.02 Å². The summed E-state index contributed by atoms with van der Waals surface area (Å²) in [6.07, 6.45) is 2.93. The number of aryl methyl sites for hydroxylation is 1. The van der Waals surface area contributed by atoms with Crippen molar-refractivity contribution >= 4 is 22.9 Å². The second kappa shape index (κ2) is 6.11. The topological polar surface area (TPSA) is 37.6 Å². The largest absolute Gasteiger partial charge is 0.363 e. The van der Waals surface area contributed by atoms with Gasteiger partial charge >= 0.3 is 0 Å². The molecular formula is C18H14ClF2N3O. The Labute approximate surface area is 147 Å². The Kier molecular flexibility index (Phi) is 3.92. The average Bonchev–Trinajstić information content (AvgIpc) is 2.55. The highest BCUT2D eigenvalue weighted by Gasteiger charge is 2.22. The van der Waals surface area contributed by atoms with E-state index in [1.165, 1.54) is 22.7 Å². The number of hydrogen-bond acceptors (Lipinski definition) is 3. The highest BCUT2D eigenvalue weighted by molar-refractivity contribution is 6.30. The zero-order chi connectivity index (χ0) is 17.6. The van der Waals surface area contributed by atoms with Crippen LogP contribution in [0, 0.1) is 11.6 Å². The molecule has 0 N–H and O–H groups in total. The van der Waals surface area contributed by atoms with Crippen LogP contribution in [0.4, 0.5) is 14.5 Å². The molecule has 3 heterocycles. The summed E-state index contributed by atoms with van der Waals surface area (Å²) in [5, 5.41) is 0.443. The standard InChI is InChI=1S/C18H14ClF2N3O/c19-12-3-4-16-22-14(8-17(25)24(16)9-12)10-23-5-1-2-11-6-13(20)7-15(21)18(11)23/h3-4,6-9H,1-2,5,10H2. The Hall–Kier alpha value is -2.47. The van der Waals surface area contributed by atoms with Crippen molar-refractivity contribution in [3.8, 4) is 0 Å². The van der Waals surface area contributed by atoms with Gasteiger partial charge in [-0.2, -0.15) is 0 Å². The molecular weight excluding hydrogens is 348 g/mol. The van der Waals surface area contributed by atoms with Gasteiger partial charge in [-0.05, 0) is 36.6 Å². The molecule has 1 aliphatic rings. The maximum atomic E-state index is 14.3. The monoisotopic (exact) mass is 361 g/mol. The van der Waals surface area contributed by atoms with Crippen LogP contribution < -0.4 is 10.5 Å². The van der Waals surface area contributed by atoms with Crippen LogP contribution in [0.5, 0.6) is 0 Å². The number of fused-ring (bicyclic) bond motifs is 2. The number of halogens is 3. The first kappa shape index (κ1) is 16.0. The molecule has 0 unspecified atom stereocenters. The van der Waals surface area contributed by atoms with Crippen LogP contribution in [0.3, 0.4) is 0 Å². The Morgan fingerprint density at radius 1 is 1.20 bits per heavy atom. The van der Waals surface area contributed by atoms with Gasteiger partial charge in [-0.15, -0.1) is 0 Å². The number of hydrogen-bond donors (Lipinski definition) is 0. The smallest absolute Gasteiger partial charge is 0.258 e. The third kappa shape index (κ3) is 2.98. The van der Waals surface area contributed by atoms with E-state index in [0.29, 0.717) is 40.6 Å². The third-order valence-corrected chi connectivity index (χ3v) is 4.55. The van der Waals surface area contributed by atoms with Crippen LogP contribution in [0.15, 0.2) is 41.3 Å². The lowest BCUT2D eigenvalue weighted by molar-refractivity contribution is 0.561. The number of nitrogens with zero attached hydrogens (tertiary/aromatic N) is 3. The van der Waals surface area contributed by atoms with Crippen molar-refractivity contribution in [2.75, 3.05) is 11.4 Å². The van der Waals surface area contributed by atoms with Crippen LogP contribution in [-0.2, 0) is 13.0 Å². The summed E-state index contributed by atoms with van der Waals surface area (Å²) in [5.41, 5.74) is 1.80. The fourth-order valence-corrected chi connectivity index (χ4v) is 3.46. The number of rotatable bonds is 2. The van der Waals surface area contributed by atoms with Gasteiger partial charge in [0.15, 0.2) is 0 Å². The van der Waals surface area contributed by atoms with E-state index in [-0.39, 0.29) is 12.1 Å². The molecule has 0 fully saturated rings. The van der Waals surface area contributed by atoms with E-state index in [9.17, 15) is 13.6 Å². The van der Waals surface area contributed by atoms with E-state index in [1.54, 1.807) is 12.1 Å². The highest BCUT2D eigenvalue weighted by Crippen LogP contribution is 2.31. The lowest BCUT2D eigenvalue weighted by atomic mass is 10.0. The molecule has 0 aliphatic carbocycles. The first-order chi connectivity index (χ1) is 12.0. The molecule has 0 spiro atoms. The fourth-order valence-electron chi connectivity index (χ4n) is 3.30. The summed E-state index contributed by atoms with van der Waals surface area (Å²) in [7, 11) is 0. The maximum absolute atomic E-state index is 14.3. The van der Waals surface area contributed by atoms with Crippen molar-refractivity contribution in [1.82, 2.24) is 9.38 Å². The molecule has 0 saturated heterocycles. The lowest BCUT2D eigenvalue weighted by Gasteiger charge is -2.31. The SMILES string of the molecule is O=c1cc(CN2CCCc3cc(F)cc(F)c32)nc2ccc(Cl)cn12. The minimum atomic E-state index is -0.584. The van der Waals surface area contributed by atoms with Gasteiger partial charge in [0.25, 0.3) is 5.56 Å². The number of pyridine rings is 1. The van der Waals surface area contributed by atoms with Crippen LogP contribution in [-0.4, -0.2) is 15.9 Å². The Balaban J connectivity index is 1.74. The molecule has 7 heteroatoms. The predicted molar refractivity (Wildman–Crippen MR) is 92.2 cm³/mol. The second-order valence-corrected chi connectivity index (χ2v) is 6.52. The average molecular weight is 362 g/mol. The van der Waals surface area contributed by atoms with Crippen molar-refractivity contribution < 1.29 is 8.78 Å². The zero-order valence-corrected chi connectivity index (χ0v) is 13.9. The maximum Gasteiger partial charge on any atom is 0.258 e. The van der Waals surface area contributed by atoms with Crippen LogP contribution in [0.1, 0.15) is 17.7 Å². The number of aromatic nitrogens is 2. The van der Waals surface area contributed by atoms with Gasteiger partial charge < -0.3 is 4.90 Å². The summed E-state index contributed by atoms with van der Waals surface area (Å²) >= 11 is 5.90. The first-order valence-electron chi connectivity index (χ1n) is 7.92. The van der Waals surface area contributed by atoms with Gasteiger partial charge in [0.2, 0.25) is 0 Å². The summed E-state index contributed by atoms with van der Waals surface area (Å²) in [6.45, 7) is 0.904. The van der Waals surface area contributed by atoms with Crippen molar-refractivity contribution in [3.05, 3.63) is 74.8 Å². The van der Waals surface area contributed by atoms with Gasteiger partial charge in [0.05, 0.1) is 22.9 Å². The van der Waals surface area contributed by atoms with Crippen LogP contribution in [0.25, 0.3) is 5.65 Å². The third-order valence-electron chi connectivity index (χ3n) is 4.33. The van der Waals surface area contributed by atoms with E-state index in [4.69, 9.17) is 11.6 Å². The molecule has 1 aromatic carbocycles. The molecule has 2 aromatic heterocycles. The Morgan fingerprint density at radius 2 is 2.04 bits per heavy atom. The molecule has 0 atom stereocenters. The summed E-state index contributed by atoms with van der Waals surface area (Å²) in [5.74, 6) is -1.16. The zero-order valence-electron chi connectivity index (χ0n) is 13.2. The van der Waals surface area contributed by atoms with Crippen molar-refractivity contribution in [3.63, 3.8) is 0 Å². The molecule has 0 amide bonds. The molecule has 1 aliphatic heterocycles. The summed E-state index contributed by atoms with van der Waals surface area (Å²) < 4.78 is 29.1. The molecule has 128 valence electrons. The molecule has 4 rings (SSSR count). The van der Waals surface area contributed by atoms with Gasteiger partial charge in [-0.3, -0.25) is 9.20 Å². The molecule has 0 bridgehead atoms. The molecule has 0 radical (unpaired) electrons. The van der Waals surface area contributed by atoms with E-state index >= 15 is 0 Å². The predicted octanol–water partition coefficient (Wildman–Crippen LogP) is 3.58. The van der Waals surface area contributed by atoms with Gasteiger partial charge in [0.1, 0.15) is 17.3 Å². The molecule has 25 heavy (non-hydrogen) atoms. The summed E-state index contributed by atoms with van der Waals surface area (Å²) in [4.78, 5) is 18.5. The fraction of sp³-hybridized carbons (Fsp3) is 0.222. The first-order valence-corrected chi connectivity index (χ1v) is 8.30. The normalized spacial score (nSPS) is 14.0. The summed E-state index contributed by atoms with van der Waals surface area (Å²) in [6, 6.07) is 7.00. The highest BCUT2D eigenvalue weighted by atomic mass is 35.5. The van der Waals surface area contributed by atoms with E-state index in [2.05, 4.69) is 4.98 Å². The van der Waals surface area contributed by atoms with Crippen molar-refractivity contribution in [2.24, 2.45) is 0 Å². The molecule has 3 aromatic rings. The van der Waals surface area contributed by atoms with Crippen molar-refractivity contribution in [2.45, 2.75) is 19.4 Å². The Morgan fingerprint density at radius 3 is 2.88 bits per heavy atom. The Bertz CT molecular complexity index is 1030. The van der Waals surface area contributed by atoms with Gasteiger partial charge in [0, 0.05) is 24.9 Å². The van der Waals surface area contributed by atoms with E-state index in [1.807, 2.05) is 4.90 Å². The molecule has 0 saturated carbocycles. The van der Waals surface area contributed by atoms with Crippen LogP contribution >= 0.6 is 11.6 Å². The quantitative estimate of drug-likeness (QED) is 0.700. The van der Waals surface area contributed by atoms with Gasteiger partial charge in [-0.1, -0.05) is 11.6 Å². The van der Waals surface area contributed by atoms with Crippen molar-refractivity contribution in [1.29, 1.82) is 0 Å². The minimum absolute atomic E-state index is 0.251.